The van der Waals surface area contributed by atoms with Crippen LogP contribution in [0.3, 0.4) is 0 Å². The number of hydrogen-bond donors (Lipinski definition) is 4. The number of rotatable bonds is 5. The van der Waals surface area contributed by atoms with Crippen molar-refractivity contribution in [3.8, 4) is 12.1 Å². The van der Waals surface area contributed by atoms with E-state index in [2.05, 4.69) is 25.3 Å². The molecule has 5 N–H and O–H groups in total. The number of hydrogen-bond acceptors (Lipinski definition) is 13. The molecule has 16 heteroatoms. The third-order valence-corrected chi connectivity index (χ3v) is 11.4. The number of nitrogens with zero attached hydrogens (tertiary/aromatic N) is 8. The summed E-state index contributed by atoms with van der Waals surface area (Å²) < 4.78 is 14.9. The Morgan fingerprint density at radius 1 is 0.755 bits per heavy atom. The Kier molecular flexibility index (Phi) is 12.2. The average molecular weight is 743 g/mol. The molecule has 0 bridgehead atoms. The Labute approximate surface area is 309 Å². The van der Waals surface area contributed by atoms with E-state index in [1.807, 2.05) is 12.1 Å². The number of nitriles is 2. The molecule has 8 rings (SSSR count). The first-order valence-electron chi connectivity index (χ1n) is 18.5. The van der Waals surface area contributed by atoms with Gasteiger partial charge in [-0.1, -0.05) is 25.7 Å². The molecule has 53 heavy (non-hydrogen) atoms. The maximum atomic E-state index is 12.7. The van der Waals surface area contributed by atoms with Crippen molar-refractivity contribution in [3.05, 3.63) is 56.4 Å². The van der Waals surface area contributed by atoms with Crippen molar-refractivity contribution in [1.29, 1.82) is 10.5 Å². The average Bonchev–Trinajstić information content (AvgIpc) is 4.00. The number of fused-ring (bicyclic) bond motifs is 2. The van der Waals surface area contributed by atoms with E-state index in [0.717, 1.165) is 89.9 Å². The second-order valence-corrected chi connectivity index (χ2v) is 15.6. The lowest BCUT2D eigenvalue weighted by Gasteiger charge is -2.19. The fourth-order valence-electron chi connectivity index (χ4n) is 7.84. The van der Waals surface area contributed by atoms with Gasteiger partial charge >= 0.3 is 0 Å². The molecule has 15 nitrogen and oxygen atoms in total. The lowest BCUT2D eigenvalue weighted by molar-refractivity contribution is 0.165. The Morgan fingerprint density at radius 3 is 1.70 bits per heavy atom. The van der Waals surface area contributed by atoms with Crippen LogP contribution in [0, 0.1) is 22.7 Å². The van der Waals surface area contributed by atoms with E-state index in [9.17, 15) is 24.2 Å². The van der Waals surface area contributed by atoms with Crippen molar-refractivity contribution >= 4 is 38.8 Å². The largest absolute Gasteiger partial charge is 0.392 e. The molecule has 0 amide bonds. The molecule has 4 aromatic heterocycles. The minimum atomic E-state index is -1.31. The van der Waals surface area contributed by atoms with Gasteiger partial charge in [0.1, 0.15) is 34.6 Å². The number of aromatic nitrogens is 6. The van der Waals surface area contributed by atoms with Crippen LogP contribution in [-0.2, 0) is 10.8 Å². The predicted octanol–water partition coefficient (Wildman–Crippen LogP) is 3.48. The zero-order valence-electron chi connectivity index (χ0n) is 29.9. The third kappa shape index (κ3) is 8.47. The summed E-state index contributed by atoms with van der Waals surface area (Å²) in [5, 5.41) is 42.0. The van der Waals surface area contributed by atoms with Gasteiger partial charge in [0, 0.05) is 47.5 Å². The maximum Gasteiger partial charge on any atom is 0.270 e. The number of nitrogens with one attached hydrogen (secondary N) is 1. The van der Waals surface area contributed by atoms with Crippen LogP contribution in [0.2, 0.25) is 0 Å². The molecule has 0 radical (unpaired) electrons. The highest BCUT2D eigenvalue weighted by Gasteiger charge is 2.27. The Balaban J connectivity index is 0.000000155. The topological polar surface area (TPSA) is 239 Å². The van der Waals surface area contributed by atoms with Crippen LogP contribution >= 0.6 is 0 Å². The quantitative estimate of drug-likeness (QED) is 0.215. The lowest BCUT2D eigenvalue weighted by Crippen LogP contribution is -2.30. The number of aliphatic hydroxyl groups excluding tert-OH is 2. The summed E-state index contributed by atoms with van der Waals surface area (Å²) in [6.07, 6.45) is 17.7. The second-order valence-electron chi connectivity index (χ2n) is 14.3. The predicted molar refractivity (Wildman–Crippen MR) is 199 cm³/mol. The minimum Gasteiger partial charge on any atom is -0.392 e. The van der Waals surface area contributed by atoms with Crippen molar-refractivity contribution in [2.24, 2.45) is 5.73 Å². The van der Waals surface area contributed by atoms with Gasteiger partial charge in [-0.05, 0) is 76.3 Å². The zero-order valence-corrected chi connectivity index (χ0v) is 30.7. The van der Waals surface area contributed by atoms with Crippen molar-refractivity contribution in [1.82, 2.24) is 29.1 Å². The molecular weight excluding hydrogens is 697 g/mol. The maximum absolute atomic E-state index is 12.7. The van der Waals surface area contributed by atoms with Gasteiger partial charge < -0.3 is 21.3 Å². The standard InChI is InChI=1S/C18H21N5O2.C14H14N4O2S.C5H11NO/c19-9-11-8-12-10-20-18(21-14-6-3-7-15(14)24)22-16(12)23(17(11)25)13-4-1-2-5-13;1-21(20)14-16-8-10-6-9(7-15)13(19)18(12(10)17-14)11-4-2-3-5-11;6-4-2-1-3-5(4)7/h8,10,13-15,24H,1-7H2,(H,20,21,22);6,8,11H,2-5H2,1H3;4-5,7H,1-3,6H2. The number of nitrogens with two attached hydrogens (primary N) is 1. The first-order valence-corrected chi connectivity index (χ1v) is 20.0. The molecule has 4 aromatic rings. The lowest BCUT2D eigenvalue weighted by atomic mass is 10.2. The van der Waals surface area contributed by atoms with Crippen LogP contribution in [0.1, 0.15) is 113 Å². The van der Waals surface area contributed by atoms with Gasteiger partial charge in [-0.3, -0.25) is 22.9 Å². The van der Waals surface area contributed by atoms with Gasteiger partial charge in [0.25, 0.3) is 11.1 Å². The van der Waals surface area contributed by atoms with Gasteiger partial charge in [0.05, 0.1) is 29.0 Å². The van der Waals surface area contributed by atoms with Gasteiger partial charge in [0.15, 0.2) is 0 Å². The van der Waals surface area contributed by atoms with Crippen LogP contribution < -0.4 is 22.2 Å². The van der Waals surface area contributed by atoms with E-state index in [4.69, 9.17) is 16.1 Å². The molecule has 4 fully saturated rings. The summed E-state index contributed by atoms with van der Waals surface area (Å²) in [6, 6.07) is 7.16. The number of pyridine rings is 2. The summed E-state index contributed by atoms with van der Waals surface area (Å²) in [5.41, 5.74) is 6.12. The molecule has 0 aliphatic heterocycles. The summed E-state index contributed by atoms with van der Waals surface area (Å²) in [4.78, 5) is 42.4. The van der Waals surface area contributed by atoms with Crippen molar-refractivity contribution in [2.75, 3.05) is 11.6 Å². The summed E-state index contributed by atoms with van der Waals surface area (Å²) >= 11 is 0. The Hall–Kier alpha value is -4.61. The molecule has 4 aliphatic carbocycles. The van der Waals surface area contributed by atoms with Crippen LogP contribution in [0.25, 0.3) is 22.1 Å². The van der Waals surface area contributed by atoms with Crippen LogP contribution in [-0.4, -0.2) is 74.0 Å². The monoisotopic (exact) mass is 742 g/mol. The molecule has 5 atom stereocenters. The fourth-order valence-corrected chi connectivity index (χ4v) is 8.26. The van der Waals surface area contributed by atoms with Gasteiger partial charge in [-0.2, -0.15) is 15.5 Å². The van der Waals surface area contributed by atoms with Crippen molar-refractivity contribution in [2.45, 2.75) is 131 Å². The van der Waals surface area contributed by atoms with Gasteiger partial charge in [-0.25, -0.2) is 15.0 Å². The molecule has 0 spiro atoms. The number of aliphatic hydroxyl groups is 2. The van der Waals surface area contributed by atoms with Crippen molar-refractivity contribution < 1.29 is 14.4 Å². The van der Waals surface area contributed by atoms with Gasteiger partial charge in [-0.15, -0.1) is 0 Å². The highest BCUT2D eigenvalue weighted by Crippen LogP contribution is 2.32. The van der Waals surface area contributed by atoms with Crippen LogP contribution in [0.5, 0.6) is 0 Å². The Morgan fingerprint density at radius 2 is 1.26 bits per heavy atom. The third-order valence-electron chi connectivity index (χ3n) is 10.7. The molecule has 4 aliphatic rings. The van der Waals surface area contributed by atoms with Crippen molar-refractivity contribution in [3.63, 3.8) is 0 Å². The molecule has 0 aromatic carbocycles. The van der Waals surface area contributed by atoms with E-state index in [0.29, 0.717) is 28.0 Å². The highest BCUT2D eigenvalue weighted by atomic mass is 32.2. The second kappa shape index (κ2) is 17.0. The fraction of sp³-hybridized carbons (Fsp3) is 0.568. The van der Waals surface area contributed by atoms with Crippen LogP contribution in [0.4, 0.5) is 5.95 Å². The van der Waals surface area contributed by atoms with Crippen LogP contribution in [0.15, 0.2) is 39.3 Å². The summed E-state index contributed by atoms with van der Waals surface area (Å²) in [5.74, 6) is 0.425. The van der Waals surface area contributed by atoms with Gasteiger partial charge in [0.2, 0.25) is 11.1 Å². The number of anilines is 1. The smallest absolute Gasteiger partial charge is 0.270 e. The Bertz CT molecular complexity index is 2170. The zero-order chi connectivity index (χ0) is 37.6. The van der Waals surface area contributed by atoms with E-state index in [1.54, 1.807) is 21.4 Å². The minimum absolute atomic E-state index is 0.0533. The van der Waals surface area contributed by atoms with E-state index in [1.165, 1.54) is 18.5 Å². The van der Waals surface area contributed by atoms with E-state index < -0.39 is 16.9 Å². The molecular formula is C37H46N10O5S. The molecule has 4 heterocycles. The molecule has 280 valence electrons. The normalized spacial score (nSPS) is 23.5. The first kappa shape index (κ1) is 38.1. The summed E-state index contributed by atoms with van der Waals surface area (Å²) in [7, 11) is -1.31. The highest BCUT2D eigenvalue weighted by molar-refractivity contribution is 7.84. The molecule has 0 saturated heterocycles. The van der Waals surface area contributed by atoms with E-state index in [-0.39, 0.29) is 57.7 Å². The molecule has 5 unspecified atom stereocenters. The molecule has 4 saturated carbocycles. The summed E-state index contributed by atoms with van der Waals surface area (Å²) in [6.45, 7) is 0. The SMILES string of the molecule is CS(=O)c1ncc2cc(C#N)c(=O)n(C3CCCC3)c2n1.N#Cc1cc2cnc(NC3CCCC3O)nc2n(C2CCCC2)c1=O.NC1CCCC1O. The first-order chi connectivity index (χ1) is 25.6. The van der Waals surface area contributed by atoms with E-state index >= 15 is 0 Å².